The fraction of sp³-hybridized carbons (Fsp3) is 0.333. The van der Waals surface area contributed by atoms with Gasteiger partial charge in [-0.15, -0.1) is 0 Å². The van der Waals surface area contributed by atoms with Crippen molar-refractivity contribution in [3.63, 3.8) is 0 Å². The zero-order chi connectivity index (χ0) is 18.3. The number of fused-ring (bicyclic) bond motifs is 1. The van der Waals surface area contributed by atoms with Crippen LogP contribution in [0.2, 0.25) is 0 Å². The Kier molecular flexibility index (Phi) is 4.24. The van der Waals surface area contributed by atoms with Crippen LogP contribution in [0.3, 0.4) is 0 Å². The van der Waals surface area contributed by atoms with Crippen molar-refractivity contribution in [3.8, 4) is 0 Å². The topological polar surface area (TPSA) is 71.6 Å². The first kappa shape index (κ1) is 17.0. The Balaban J connectivity index is 2.08. The summed E-state index contributed by atoms with van der Waals surface area (Å²) in [7, 11) is 0. The van der Waals surface area contributed by atoms with E-state index in [4.69, 9.17) is 5.73 Å². The number of piperazine rings is 1. The smallest absolute Gasteiger partial charge is 0.251 e. The van der Waals surface area contributed by atoms with Gasteiger partial charge in [-0.05, 0) is 37.6 Å². The molecule has 25 heavy (non-hydrogen) atoms. The lowest BCUT2D eigenvalue weighted by Crippen LogP contribution is -2.52. The quantitative estimate of drug-likeness (QED) is 0.857. The van der Waals surface area contributed by atoms with Crippen molar-refractivity contribution in [1.29, 1.82) is 0 Å². The van der Waals surface area contributed by atoms with Crippen LogP contribution in [-0.2, 0) is 4.79 Å². The van der Waals surface area contributed by atoms with Crippen molar-refractivity contribution in [3.05, 3.63) is 47.4 Å². The van der Waals surface area contributed by atoms with E-state index < -0.39 is 11.7 Å². The summed E-state index contributed by atoms with van der Waals surface area (Å²) in [5, 5.41) is 2.73. The molecule has 2 heterocycles. The molecule has 2 N–H and O–H groups in total. The average molecular weight is 344 g/mol. The van der Waals surface area contributed by atoms with E-state index in [9.17, 15) is 14.0 Å². The van der Waals surface area contributed by atoms with E-state index in [-0.39, 0.29) is 11.5 Å². The van der Waals surface area contributed by atoms with Gasteiger partial charge in [-0.1, -0.05) is 6.58 Å². The number of nitrogens with two attached hydrogens (primary N) is 1. The number of nitrogens with zero attached hydrogens (tertiary/aromatic N) is 3. The summed E-state index contributed by atoms with van der Waals surface area (Å²) >= 11 is 0. The Morgan fingerprint density at radius 1 is 1.20 bits per heavy atom. The van der Waals surface area contributed by atoms with E-state index in [1.165, 1.54) is 18.2 Å². The van der Waals surface area contributed by atoms with Gasteiger partial charge >= 0.3 is 0 Å². The van der Waals surface area contributed by atoms with E-state index in [0.29, 0.717) is 37.1 Å². The van der Waals surface area contributed by atoms with Crippen LogP contribution in [0.1, 0.15) is 21.6 Å². The van der Waals surface area contributed by atoms with Crippen molar-refractivity contribution in [2.75, 3.05) is 31.2 Å². The molecule has 0 saturated carbocycles. The van der Waals surface area contributed by atoms with Gasteiger partial charge in [0, 0.05) is 24.2 Å². The second-order valence-electron chi connectivity index (χ2n) is 6.22. The fourth-order valence-electron chi connectivity index (χ4n) is 3.42. The zero-order valence-electron chi connectivity index (χ0n) is 14.4. The van der Waals surface area contributed by atoms with E-state index in [0.717, 1.165) is 11.3 Å². The average Bonchev–Trinajstić information content (AvgIpc) is 2.85. The molecule has 0 atom stereocenters. The molecule has 0 radical (unpaired) electrons. The maximum Gasteiger partial charge on any atom is 0.251 e. The third-order valence-corrected chi connectivity index (χ3v) is 4.84. The lowest BCUT2D eigenvalue weighted by Gasteiger charge is -2.37. The van der Waals surface area contributed by atoms with Crippen molar-refractivity contribution < 1.29 is 14.0 Å². The lowest BCUT2D eigenvalue weighted by atomic mass is 10.1. The minimum atomic E-state index is -0.663. The normalized spacial score (nSPS) is 14.8. The lowest BCUT2D eigenvalue weighted by molar-refractivity contribution is -0.126. The number of hydrogen-bond acceptors (Lipinski definition) is 3. The summed E-state index contributed by atoms with van der Waals surface area (Å²) in [4.78, 5) is 25.3. The molecule has 0 unspecified atom stereocenters. The van der Waals surface area contributed by atoms with Crippen molar-refractivity contribution in [2.24, 2.45) is 5.73 Å². The molecule has 1 saturated heterocycles. The summed E-state index contributed by atoms with van der Waals surface area (Å²) in [6.45, 7) is 9.64. The molecule has 2 amide bonds. The van der Waals surface area contributed by atoms with Crippen LogP contribution < -0.4 is 10.7 Å². The maximum atomic E-state index is 13.9. The summed E-state index contributed by atoms with van der Waals surface area (Å²) < 4.78 is 15.8. The van der Waals surface area contributed by atoms with Gasteiger partial charge in [0.15, 0.2) is 0 Å². The second kappa shape index (κ2) is 6.23. The number of rotatable bonds is 3. The molecule has 0 aliphatic carbocycles. The molecule has 1 aromatic heterocycles. The summed E-state index contributed by atoms with van der Waals surface area (Å²) in [6, 6.07) is 2.61. The molecule has 0 bridgehead atoms. The van der Waals surface area contributed by atoms with E-state index in [1.54, 1.807) is 4.90 Å². The number of halogens is 1. The monoisotopic (exact) mass is 344 g/mol. The molecule has 1 aliphatic heterocycles. The number of aryl methyl sites for hydroxylation is 1. The number of benzene rings is 1. The minimum absolute atomic E-state index is 0.0928. The van der Waals surface area contributed by atoms with Crippen LogP contribution in [-0.4, -0.2) is 47.6 Å². The predicted molar refractivity (Wildman–Crippen MR) is 94.6 cm³/mol. The Morgan fingerprint density at radius 3 is 2.40 bits per heavy atom. The molecule has 1 aromatic carbocycles. The Labute approximate surface area is 145 Å². The zero-order valence-corrected chi connectivity index (χ0v) is 14.4. The first-order valence-electron chi connectivity index (χ1n) is 8.12. The van der Waals surface area contributed by atoms with Crippen LogP contribution in [0.5, 0.6) is 0 Å². The van der Waals surface area contributed by atoms with E-state index in [2.05, 4.69) is 11.6 Å². The highest BCUT2D eigenvalue weighted by Crippen LogP contribution is 2.29. The Morgan fingerprint density at radius 2 is 1.84 bits per heavy atom. The van der Waals surface area contributed by atoms with Crippen LogP contribution in [0.4, 0.5) is 4.39 Å². The molecule has 7 heteroatoms. The first-order chi connectivity index (χ1) is 11.8. The largest absolute Gasteiger partial charge is 0.366 e. The number of carbonyl (C=O) groups excluding carboxylic acids is 2. The standard InChI is InChI=1S/C18H21FN4O2/c1-4-16(24)21-5-7-22(8-6-21)23-12(3)11(2)14-9-13(19)10-15(17(14)23)18(20)25/h4,9-10H,1,5-8H2,2-3H3,(H2,20,25). The highest BCUT2D eigenvalue weighted by molar-refractivity contribution is 6.06. The predicted octanol–water partition coefficient (Wildman–Crippen LogP) is 1.46. The van der Waals surface area contributed by atoms with Crippen LogP contribution >= 0.6 is 0 Å². The molecule has 3 rings (SSSR count). The summed E-state index contributed by atoms with van der Waals surface area (Å²) in [6.07, 6.45) is 1.31. The van der Waals surface area contributed by atoms with Crippen molar-refractivity contribution >= 4 is 22.7 Å². The molecule has 0 spiro atoms. The van der Waals surface area contributed by atoms with Gasteiger partial charge in [-0.25, -0.2) is 4.39 Å². The molecule has 6 nitrogen and oxygen atoms in total. The number of primary amides is 1. The van der Waals surface area contributed by atoms with Crippen LogP contribution in [0.15, 0.2) is 24.8 Å². The summed E-state index contributed by atoms with van der Waals surface area (Å²) in [5.41, 5.74) is 8.09. The third kappa shape index (κ3) is 2.75. The number of amides is 2. The fourth-order valence-corrected chi connectivity index (χ4v) is 3.42. The Bertz CT molecular complexity index is 879. The van der Waals surface area contributed by atoms with Gasteiger partial charge in [-0.3, -0.25) is 14.3 Å². The number of hydrogen-bond donors (Lipinski definition) is 1. The van der Waals surface area contributed by atoms with Gasteiger partial charge in [0.05, 0.1) is 24.2 Å². The minimum Gasteiger partial charge on any atom is -0.366 e. The molecule has 2 aromatic rings. The highest BCUT2D eigenvalue weighted by atomic mass is 19.1. The number of aromatic nitrogens is 1. The van der Waals surface area contributed by atoms with Crippen molar-refractivity contribution in [2.45, 2.75) is 13.8 Å². The third-order valence-electron chi connectivity index (χ3n) is 4.84. The highest BCUT2D eigenvalue weighted by Gasteiger charge is 2.25. The summed E-state index contributed by atoms with van der Waals surface area (Å²) in [5.74, 6) is -1.24. The van der Waals surface area contributed by atoms with Gasteiger partial charge in [0.1, 0.15) is 5.82 Å². The SMILES string of the molecule is C=CC(=O)N1CCN(n2c(C)c(C)c3cc(F)cc(C(N)=O)c32)CC1. The molecular weight excluding hydrogens is 323 g/mol. The second-order valence-corrected chi connectivity index (χ2v) is 6.22. The first-order valence-corrected chi connectivity index (χ1v) is 8.12. The number of carbonyl (C=O) groups is 2. The van der Waals surface area contributed by atoms with Crippen LogP contribution in [0, 0.1) is 19.7 Å². The van der Waals surface area contributed by atoms with Gasteiger partial charge in [0.25, 0.3) is 5.91 Å². The van der Waals surface area contributed by atoms with Crippen LogP contribution in [0.25, 0.3) is 10.9 Å². The molecule has 1 aliphatic rings. The molecular formula is C18H21FN4O2. The van der Waals surface area contributed by atoms with Gasteiger partial charge in [-0.2, -0.15) is 0 Å². The molecule has 1 fully saturated rings. The Hall–Kier alpha value is -2.83. The molecule has 132 valence electrons. The van der Waals surface area contributed by atoms with Crippen molar-refractivity contribution in [1.82, 2.24) is 9.58 Å². The van der Waals surface area contributed by atoms with Gasteiger partial charge < -0.3 is 15.6 Å². The van der Waals surface area contributed by atoms with E-state index in [1.807, 2.05) is 18.5 Å². The van der Waals surface area contributed by atoms with E-state index >= 15 is 0 Å². The maximum absolute atomic E-state index is 13.9. The van der Waals surface area contributed by atoms with Gasteiger partial charge in [0.2, 0.25) is 5.91 Å².